The average molecular weight is 254 g/mol. The largest absolute Gasteiger partial charge is 0.381 e. The Morgan fingerprint density at radius 2 is 1.84 bits per heavy atom. The van der Waals surface area contributed by atoms with Crippen molar-refractivity contribution in [3.63, 3.8) is 0 Å². The number of nitrogens with two attached hydrogens (primary N) is 1. The quantitative estimate of drug-likeness (QED) is 0.862. The predicted octanol–water partition coefficient (Wildman–Crippen LogP) is 2.96. The van der Waals surface area contributed by atoms with E-state index < -0.39 is 5.91 Å². The number of aryl methyl sites for hydroxylation is 1. The van der Waals surface area contributed by atoms with Crippen molar-refractivity contribution >= 4 is 11.6 Å². The summed E-state index contributed by atoms with van der Waals surface area (Å²) in [5.74, 6) is -0.394. The molecular weight excluding hydrogens is 236 g/mol. The summed E-state index contributed by atoms with van der Waals surface area (Å²) >= 11 is 0. The lowest BCUT2D eigenvalue weighted by molar-refractivity contribution is 0.1000. The number of hydrogen-bond acceptors (Lipinski definition) is 2. The Bertz CT molecular complexity index is 561. The maximum absolute atomic E-state index is 11.1. The van der Waals surface area contributed by atoms with Gasteiger partial charge in [0.2, 0.25) is 5.91 Å². The van der Waals surface area contributed by atoms with Crippen molar-refractivity contribution in [1.29, 1.82) is 0 Å². The lowest BCUT2D eigenvalue weighted by atomic mass is 10.1. The van der Waals surface area contributed by atoms with E-state index in [-0.39, 0.29) is 0 Å². The van der Waals surface area contributed by atoms with Gasteiger partial charge in [0.05, 0.1) is 0 Å². The van der Waals surface area contributed by atoms with Gasteiger partial charge in [-0.05, 0) is 41.8 Å². The van der Waals surface area contributed by atoms with E-state index in [2.05, 4.69) is 36.5 Å². The highest BCUT2D eigenvalue weighted by Gasteiger charge is 2.01. The Morgan fingerprint density at radius 3 is 2.47 bits per heavy atom. The van der Waals surface area contributed by atoms with Crippen molar-refractivity contribution in [2.24, 2.45) is 5.73 Å². The third-order valence-electron chi connectivity index (χ3n) is 3.07. The van der Waals surface area contributed by atoms with Gasteiger partial charge in [-0.3, -0.25) is 4.79 Å². The Kier molecular flexibility index (Phi) is 4.18. The number of nitrogens with one attached hydrogen (secondary N) is 1. The molecule has 19 heavy (non-hydrogen) atoms. The van der Waals surface area contributed by atoms with Gasteiger partial charge in [0.25, 0.3) is 0 Å². The van der Waals surface area contributed by atoms with Gasteiger partial charge in [-0.15, -0.1) is 0 Å². The molecule has 3 N–H and O–H groups in total. The molecule has 2 aromatic carbocycles. The zero-order valence-electron chi connectivity index (χ0n) is 11.0. The second-order valence-corrected chi connectivity index (χ2v) is 4.47. The first-order valence-corrected chi connectivity index (χ1v) is 6.40. The predicted molar refractivity (Wildman–Crippen MR) is 78.1 cm³/mol. The van der Waals surface area contributed by atoms with Gasteiger partial charge in [0.1, 0.15) is 0 Å². The van der Waals surface area contributed by atoms with Crippen molar-refractivity contribution < 1.29 is 4.79 Å². The van der Waals surface area contributed by atoms with Crippen LogP contribution in [0.3, 0.4) is 0 Å². The molecule has 1 amide bonds. The Morgan fingerprint density at radius 1 is 1.11 bits per heavy atom. The molecule has 0 heterocycles. The van der Waals surface area contributed by atoms with Crippen molar-refractivity contribution in [2.45, 2.75) is 19.9 Å². The van der Waals surface area contributed by atoms with Gasteiger partial charge in [-0.25, -0.2) is 0 Å². The summed E-state index contributed by atoms with van der Waals surface area (Å²) in [6, 6.07) is 15.7. The molecule has 3 heteroatoms. The zero-order valence-corrected chi connectivity index (χ0v) is 11.0. The highest BCUT2D eigenvalue weighted by molar-refractivity contribution is 5.92. The van der Waals surface area contributed by atoms with E-state index in [0.29, 0.717) is 12.1 Å². The summed E-state index contributed by atoms with van der Waals surface area (Å²) in [4.78, 5) is 11.1. The maximum Gasteiger partial charge on any atom is 0.248 e. The maximum atomic E-state index is 11.1. The van der Waals surface area contributed by atoms with Gasteiger partial charge in [-0.2, -0.15) is 0 Å². The van der Waals surface area contributed by atoms with Crippen LogP contribution in [-0.4, -0.2) is 5.91 Å². The summed E-state index contributed by atoms with van der Waals surface area (Å²) in [5, 5.41) is 3.33. The zero-order chi connectivity index (χ0) is 13.7. The van der Waals surface area contributed by atoms with Gasteiger partial charge in [0.15, 0.2) is 0 Å². The molecule has 0 spiro atoms. The number of benzene rings is 2. The molecule has 0 aliphatic carbocycles. The molecule has 0 bridgehead atoms. The van der Waals surface area contributed by atoms with E-state index in [1.54, 1.807) is 6.07 Å². The standard InChI is InChI=1S/C16H18N2O/c1-2-12-6-8-15(9-7-12)18-11-13-4-3-5-14(10-13)16(17)19/h3-10,18H,2,11H2,1H3,(H2,17,19). The first-order chi connectivity index (χ1) is 9.19. The van der Waals surface area contributed by atoms with Crippen LogP contribution >= 0.6 is 0 Å². The van der Waals surface area contributed by atoms with Crippen LogP contribution in [0.1, 0.15) is 28.4 Å². The summed E-state index contributed by atoms with van der Waals surface area (Å²) in [6.07, 6.45) is 1.04. The molecule has 98 valence electrons. The van der Waals surface area contributed by atoms with Crippen molar-refractivity contribution in [3.8, 4) is 0 Å². The third-order valence-corrected chi connectivity index (χ3v) is 3.07. The lowest BCUT2D eigenvalue weighted by Gasteiger charge is -2.08. The summed E-state index contributed by atoms with van der Waals surface area (Å²) < 4.78 is 0. The fourth-order valence-electron chi connectivity index (χ4n) is 1.90. The van der Waals surface area contributed by atoms with E-state index >= 15 is 0 Å². The van der Waals surface area contributed by atoms with Crippen LogP contribution in [0, 0.1) is 0 Å². The number of anilines is 1. The molecular formula is C16H18N2O. The average Bonchev–Trinajstić information content (AvgIpc) is 2.46. The number of hydrogen-bond donors (Lipinski definition) is 2. The molecule has 0 aliphatic rings. The van der Waals surface area contributed by atoms with E-state index in [4.69, 9.17) is 5.73 Å². The molecule has 2 rings (SSSR count). The Labute approximate surface area is 113 Å². The Hall–Kier alpha value is -2.29. The van der Waals surface area contributed by atoms with Crippen LogP contribution in [0.2, 0.25) is 0 Å². The van der Waals surface area contributed by atoms with Crippen LogP contribution in [0.15, 0.2) is 48.5 Å². The van der Waals surface area contributed by atoms with Crippen LogP contribution in [0.25, 0.3) is 0 Å². The fourth-order valence-corrected chi connectivity index (χ4v) is 1.90. The molecule has 0 radical (unpaired) electrons. The van der Waals surface area contributed by atoms with E-state index in [9.17, 15) is 4.79 Å². The second kappa shape index (κ2) is 6.05. The van der Waals surface area contributed by atoms with Crippen LogP contribution < -0.4 is 11.1 Å². The normalized spacial score (nSPS) is 10.2. The second-order valence-electron chi connectivity index (χ2n) is 4.47. The molecule has 0 unspecified atom stereocenters. The minimum atomic E-state index is -0.394. The number of carbonyl (C=O) groups excluding carboxylic acids is 1. The molecule has 0 saturated heterocycles. The van der Waals surface area contributed by atoms with Crippen LogP contribution in [0.4, 0.5) is 5.69 Å². The lowest BCUT2D eigenvalue weighted by Crippen LogP contribution is -2.11. The molecule has 3 nitrogen and oxygen atoms in total. The van der Waals surface area contributed by atoms with Crippen molar-refractivity contribution in [1.82, 2.24) is 0 Å². The fraction of sp³-hybridized carbons (Fsp3) is 0.188. The van der Waals surface area contributed by atoms with E-state index in [0.717, 1.165) is 17.7 Å². The van der Waals surface area contributed by atoms with Crippen molar-refractivity contribution in [3.05, 3.63) is 65.2 Å². The third kappa shape index (κ3) is 3.58. The molecule has 0 atom stereocenters. The number of primary amides is 1. The smallest absolute Gasteiger partial charge is 0.248 e. The summed E-state index contributed by atoms with van der Waals surface area (Å²) in [7, 11) is 0. The molecule has 0 aromatic heterocycles. The minimum Gasteiger partial charge on any atom is -0.381 e. The van der Waals surface area contributed by atoms with Gasteiger partial charge in [-0.1, -0.05) is 31.2 Å². The van der Waals surface area contributed by atoms with Crippen LogP contribution in [-0.2, 0) is 13.0 Å². The van der Waals surface area contributed by atoms with E-state index in [1.807, 2.05) is 18.2 Å². The first kappa shape index (κ1) is 13.1. The van der Waals surface area contributed by atoms with Gasteiger partial charge >= 0.3 is 0 Å². The Balaban J connectivity index is 2.01. The van der Waals surface area contributed by atoms with Crippen molar-refractivity contribution in [2.75, 3.05) is 5.32 Å². The van der Waals surface area contributed by atoms with Gasteiger partial charge < -0.3 is 11.1 Å². The molecule has 0 saturated carbocycles. The highest BCUT2D eigenvalue weighted by Crippen LogP contribution is 2.12. The highest BCUT2D eigenvalue weighted by atomic mass is 16.1. The summed E-state index contributed by atoms with van der Waals surface area (Å²) in [5.41, 5.74) is 9.23. The first-order valence-electron chi connectivity index (χ1n) is 6.40. The van der Waals surface area contributed by atoms with Gasteiger partial charge in [0, 0.05) is 17.8 Å². The SMILES string of the molecule is CCc1ccc(NCc2cccc(C(N)=O)c2)cc1. The molecule has 2 aromatic rings. The van der Waals surface area contributed by atoms with Crippen LogP contribution in [0.5, 0.6) is 0 Å². The monoisotopic (exact) mass is 254 g/mol. The number of amides is 1. The number of rotatable bonds is 5. The minimum absolute atomic E-state index is 0.394. The molecule has 0 aliphatic heterocycles. The number of carbonyl (C=O) groups is 1. The topological polar surface area (TPSA) is 55.1 Å². The summed E-state index contributed by atoms with van der Waals surface area (Å²) in [6.45, 7) is 2.81. The van der Waals surface area contributed by atoms with E-state index in [1.165, 1.54) is 5.56 Å². The molecule has 0 fully saturated rings.